The third-order valence-electron chi connectivity index (χ3n) is 2.30. The first-order valence-corrected chi connectivity index (χ1v) is 7.15. The standard InChI is InChI=1S/C12H15ClO3S/c13-10-5-7-11(8-6-10)17(16)9-3-1-2-4-12(14)15/h5-8H,1-4,9H2,(H,14,15)/t17-/m0/s1. The molecule has 94 valence electrons. The highest BCUT2D eigenvalue weighted by atomic mass is 35.5. The molecule has 1 rings (SSSR count). The Kier molecular flexibility index (Phi) is 6.40. The Labute approximate surface area is 109 Å². The van der Waals surface area contributed by atoms with E-state index >= 15 is 0 Å². The number of benzene rings is 1. The first-order valence-electron chi connectivity index (χ1n) is 5.45. The number of unbranched alkanes of at least 4 members (excludes halogenated alkanes) is 2. The Morgan fingerprint density at radius 1 is 1.24 bits per heavy atom. The van der Waals surface area contributed by atoms with Gasteiger partial charge in [0.05, 0.1) is 0 Å². The van der Waals surface area contributed by atoms with Crippen LogP contribution in [0, 0.1) is 0 Å². The minimum atomic E-state index is -1.01. The molecule has 0 amide bonds. The van der Waals surface area contributed by atoms with Crippen molar-refractivity contribution in [1.82, 2.24) is 0 Å². The highest BCUT2D eigenvalue weighted by Crippen LogP contribution is 2.16. The molecule has 0 aliphatic heterocycles. The summed E-state index contributed by atoms with van der Waals surface area (Å²) < 4.78 is 11.8. The lowest BCUT2D eigenvalue weighted by molar-refractivity contribution is -0.137. The van der Waals surface area contributed by atoms with Crippen molar-refractivity contribution in [2.24, 2.45) is 0 Å². The number of aliphatic carboxylic acids is 1. The number of carbonyl (C=O) groups is 1. The molecule has 0 aliphatic carbocycles. The van der Waals surface area contributed by atoms with Gasteiger partial charge in [-0.1, -0.05) is 11.6 Å². The van der Waals surface area contributed by atoms with Gasteiger partial charge in [-0.2, -0.15) is 0 Å². The molecular weight excluding hydrogens is 260 g/mol. The van der Waals surface area contributed by atoms with Crippen LogP contribution in [0.3, 0.4) is 0 Å². The van der Waals surface area contributed by atoms with Crippen LogP contribution in [-0.2, 0) is 16.0 Å². The number of carboxylic acids is 1. The van der Waals surface area contributed by atoms with Gasteiger partial charge in [0.15, 0.2) is 4.90 Å². The zero-order chi connectivity index (χ0) is 12.7. The Morgan fingerprint density at radius 3 is 2.47 bits per heavy atom. The summed E-state index contributed by atoms with van der Waals surface area (Å²) in [7, 11) is 0. The number of carboxylic acid groups (broad SMARTS) is 1. The molecule has 0 heterocycles. The monoisotopic (exact) mass is 274 g/mol. The number of halogens is 1. The van der Waals surface area contributed by atoms with Gasteiger partial charge in [-0.15, -0.1) is 0 Å². The Bertz CT molecular complexity index is 353. The van der Waals surface area contributed by atoms with Crippen LogP contribution in [0.2, 0.25) is 5.02 Å². The summed E-state index contributed by atoms with van der Waals surface area (Å²) in [6, 6.07) is 6.96. The lowest BCUT2D eigenvalue weighted by Crippen LogP contribution is -2.07. The third-order valence-corrected chi connectivity index (χ3v) is 4.01. The zero-order valence-electron chi connectivity index (χ0n) is 9.39. The molecule has 1 N–H and O–H groups in total. The molecule has 0 fully saturated rings. The first-order chi connectivity index (χ1) is 8.09. The summed E-state index contributed by atoms with van der Waals surface area (Å²) >= 11 is 4.73. The van der Waals surface area contributed by atoms with E-state index in [-0.39, 0.29) is 6.42 Å². The predicted octanol–water partition coefficient (Wildman–Crippen LogP) is 3.09. The molecule has 0 aromatic heterocycles. The molecule has 5 heteroatoms. The minimum absolute atomic E-state index is 0.188. The lowest BCUT2D eigenvalue weighted by Gasteiger charge is -2.09. The Balaban J connectivity index is 2.23. The highest BCUT2D eigenvalue weighted by Gasteiger charge is 2.09. The lowest BCUT2D eigenvalue weighted by atomic mass is 10.2. The molecule has 1 atom stereocenters. The topological polar surface area (TPSA) is 60.4 Å². The summed E-state index contributed by atoms with van der Waals surface area (Å²) in [4.78, 5) is 11.0. The molecule has 1 aromatic carbocycles. The van der Waals surface area contributed by atoms with Gasteiger partial charge >= 0.3 is 5.97 Å². The van der Waals surface area contributed by atoms with E-state index in [1.54, 1.807) is 24.3 Å². The van der Waals surface area contributed by atoms with E-state index in [1.807, 2.05) is 0 Å². The number of rotatable bonds is 7. The Morgan fingerprint density at radius 2 is 1.88 bits per heavy atom. The van der Waals surface area contributed by atoms with Crippen molar-refractivity contribution in [2.75, 3.05) is 5.75 Å². The van der Waals surface area contributed by atoms with Gasteiger partial charge in [0.2, 0.25) is 0 Å². The number of hydrogen-bond acceptors (Lipinski definition) is 2. The average molecular weight is 275 g/mol. The molecule has 0 unspecified atom stereocenters. The minimum Gasteiger partial charge on any atom is -0.611 e. The van der Waals surface area contributed by atoms with Crippen LogP contribution < -0.4 is 0 Å². The molecule has 0 aliphatic rings. The third kappa shape index (κ3) is 5.96. The fourth-order valence-corrected chi connectivity index (χ4v) is 2.66. The van der Waals surface area contributed by atoms with Gasteiger partial charge in [0.25, 0.3) is 0 Å². The fourth-order valence-electron chi connectivity index (χ4n) is 1.39. The first kappa shape index (κ1) is 14.4. The van der Waals surface area contributed by atoms with Gasteiger partial charge in [-0.25, -0.2) is 0 Å². The average Bonchev–Trinajstić information content (AvgIpc) is 2.29. The van der Waals surface area contributed by atoms with E-state index in [4.69, 9.17) is 16.7 Å². The van der Waals surface area contributed by atoms with Gasteiger partial charge < -0.3 is 9.66 Å². The van der Waals surface area contributed by atoms with Crippen molar-refractivity contribution in [3.8, 4) is 0 Å². The van der Waals surface area contributed by atoms with Crippen molar-refractivity contribution in [3.05, 3.63) is 29.3 Å². The SMILES string of the molecule is O=C(O)CCCCC[S@+]([O-])c1ccc(Cl)cc1. The molecule has 1 aromatic rings. The van der Waals surface area contributed by atoms with Gasteiger partial charge in [0.1, 0.15) is 5.75 Å². The van der Waals surface area contributed by atoms with E-state index in [0.717, 1.165) is 17.7 Å². The van der Waals surface area contributed by atoms with Crippen molar-refractivity contribution in [2.45, 2.75) is 30.6 Å². The molecule has 0 saturated carbocycles. The van der Waals surface area contributed by atoms with E-state index in [9.17, 15) is 9.35 Å². The molecule has 0 saturated heterocycles. The molecule has 0 spiro atoms. The van der Waals surface area contributed by atoms with E-state index in [1.165, 1.54) is 0 Å². The second kappa shape index (κ2) is 7.58. The fraction of sp³-hybridized carbons (Fsp3) is 0.417. The largest absolute Gasteiger partial charge is 0.611 e. The van der Waals surface area contributed by atoms with Crippen molar-refractivity contribution in [3.63, 3.8) is 0 Å². The summed E-state index contributed by atoms with van der Waals surface area (Å²) in [5, 5.41) is 9.09. The quantitative estimate of drug-likeness (QED) is 0.614. The van der Waals surface area contributed by atoms with Crippen LogP contribution in [0.4, 0.5) is 0 Å². The smallest absolute Gasteiger partial charge is 0.303 e. The molecule has 0 bridgehead atoms. The highest BCUT2D eigenvalue weighted by molar-refractivity contribution is 7.91. The normalized spacial score (nSPS) is 12.4. The van der Waals surface area contributed by atoms with Gasteiger partial charge in [-0.05, 0) is 54.7 Å². The Hall–Kier alpha value is -0.710. The predicted molar refractivity (Wildman–Crippen MR) is 68.8 cm³/mol. The molecule has 0 radical (unpaired) electrons. The van der Waals surface area contributed by atoms with Crippen LogP contribution in [-0.4, -0.2) is 21.4 Å². The molecule has 17 heavy (non-hydrogen) atoms. The van der Waals surface area contributed by atoms with Crippen molar-refractivity contribution < 1.29 is 14.5 Å². The maximum absolute atomic E-state index is 11.8. The van der Waals surface area contributed by atoms with E-state index < -0.39 is 17.1 Å². The van der Waals surface area contributed by atoms with Gasteiger partial charge in [-0.3, -0.25) is 4.79 Å². The van der Waals surface area contributed by atoms with Crippen LogP contribution in [0.25, 0.3) is 0 Å². The van der Waals surface area contributed by atoms with Crippen molar-refractivity contribution >= 4 is 28.7 Å². The second-order valence-corrected chi connectivity index (χ2v) is 5.72. The summed E-state index contributed by atoms with van der Waals surface area (Å²) in [5.41, 5.74) is 0. The maximum atomic E-state index is 11.8. The summed E-state index contributed by atoms with van der Waals surface area (Å²) in [6.45, 7) is 0. The van der Waals surface area contributed by atoms with Crippen LogP contribution in [0.5, 0.6) is 0 Å². The molecular formula is C12H15ClO3S. The van der Waals surface area contributed by atoms with Crippen LogP contribution in [0.1, 0.15) is 25.7 Å². The maximum Gasteiger partial charge on any atom is 0.303 e. The summed E-state index contributed by atoms with van der Waals surface area (Å²) in [6.07, 6.45) is 2.41. The summed E-state index contributed by atoms with van der Waals surface area (Å²) in [5.74, 6) is -0.204. The molecule has 3 nitrogen and oxygen atoms in total. The number of hydrogen-bond donors (Lipinski definition) is 1. The second-order valence-electron chi connectivity index (χ2n) is 3.71. The van der Waals surface area contributed by atoms with Crippen LogP contribution >= 0.6 is 11.6 Å². The van der Waals surface area contributed by atoms with E-state index in [0.29, 0.717) is 17.2 Å². The van der Waals surface area contributed by atoms with Crippen LogP contribution in [0.15, 0.2) is 29.2 Å². The van der Waals surface area contributed by atoms with Crippen molar-refractivity contribution in [1.29, 1.82) is 0 Å². The van der Waals surface area contributed by atoms with E-state index in [2.05, 4.69) is 0 Å². The van der Waals surface area contributed by atoms with Gasteiger partial charge in [0, 0.05) is 11.4 Å². The zero-order valence-corrected chi connectivity index (χ0v) is 11.0.